The number of nitrogens with zero attached hydrogens (tertiary/aromatic N) is 1. The molecule has 1 aromatic heterocycles. The Morgan fingerprint density at radius 3 is 2.59 bits per heavy atom. The van der Waals surface area contributed by atoms with E-state index in [0.29, 0.717) is 5.88 Å². The van der Waals surface area contributed by atoms with Gasteiger partial charge in [0.05, 0.1) is 5.69 Å². The Morgan fingerprint density at radius 2 is 1.88 bits per heavy atom. The molecule has 17 heavy (non-hydrogen) atoms. The average Bonchev–Trinajstić information content (AvgIpc) is 2.38. The van der Waals surface area contributed by atoms with Crippen LogP contribution >= 0.6 is 0 Å². The summed E-state index contributed by atoms with van der Waals surface area (Å²) in [5.41, 5.74) is 1.72. The van der Waals surface area contributed by atoms with Gasteiger partial charge in [0, 0.05) is 11.6 Å². The number of carboxylic acids is 1. The van der Waals surface area contributed by atoms with E-state index in [2.05, 4.69) is 4.98 Å². The van der Waals surface area contributed by atoms with Crippen LogP contribution in [0, 0.1) is 0 Å². The molecule has 0 aliphatic carbocycles. The van der Waals surface area contributed by atoms with Crippen LogP contribution < -0.4 is 4.74 Å². The first kappa shape index (κ1) is 11.1. The van der Waals surface area contributed by atoms with E-state index < -0.39 is 5.97 Å². The monoisotopic (exact) mass is 229 g/mol. The summed E-state index contributed by atoms with van der Waals surface area (Å²) >= 11 is 0. The third-order valence-electron chi connectivity index (χ3n) is 2.14. The Morgan fingerprint density at radius 1 is 1.12 bits per heavy atom. The first-order valence-electron chi connectivity index (χ1n) is 5.13. The summed E-state index contributed by atoms with van der Waals surface area (Å²) in [5, 5.41) is 8.51. The number of aromatic nitrogens is 1. The van der Waals surface area contributed by atoms with E-state index in [0.717, 1.165) is 11.3 Å². The summed E-state index contributed by atoms with van der Waals surface area (Å²) in [7, 11) is 0. The average molecular weight is 229 g/mol. The first-order chi connectivity index (χ1) is 8.25. The topological polar surface area (TPSA) is 59.4 Å². The molecule has 2 aromatic rings. The van der Waals surface area contributed by atoms with E-state index in [9.17, 15) is 4.79 Å². The summed E-state index contributed by atoms with van der Waals surface area (Å²) < 4.78 is 5.02. The van der Waals surface area contributed by atoms with Gasteiger partial charge in [-0.2, -0.15) is 0 Å². The number of carbonyl (C=O) groups is 1. The van der Waals surface area contributed by atoms with Crippen LogP contribution in [0.5, 0.6) is 5.88 Å². The fourth-order valence-electron chi connectivity index (χ4n) is 1.40. The third-order valence-corrected chi connectivity index (χ3v) is 2.14. The maximum absolute atomic E-state index is 10.4. The Bertz CT molecular complexity index is 511. The van der Waals surface area contributed by atoms with Gasteiger partial charge in [-0.05, 0) is 6.07 Å². The van der Waals surface area contributed by atoms with Crippen LogP contribution in [0.15, 0.2) is 48.5 Å². The zero-order chi connectivity index (χ0) is 12.1. The minimum Gasteiger partial charge on any atom is -0.479 e. The van der Waals surface area contributed by atoms with Crippen LogP contribution in [0.3, 0.4) is 0 Å². The largest absolute Gasteiger partial charge is 0.479 e. The molecule has 0 saturated heterocycles. The molecule has 0 amide bonds. The Kier molecular flexibility index (Phi) is 3.35. The Labute approximate surface area is 98.5 Å². The molecule has 0 spiro atoms. The normalized spacial score (nSPS) is 9.88. The smallest absolute Gasteiger partial charge is 0.341 e. The highest BCUT2D eigenvalue weighted by molar-refractivity contribution is 5.68. The summed E-state index contributed by atoms with van der Waals surface area (Å²) in [4.78, 5) is 14.6. The van der Waals surface area contributed by atoms with Crippen LogP contribution in [0.25, 0.3) is 11.3 Å². The molecule has 0 unspecified atom stereocenters. The molecule has 0 bridgehead atoms. The predicted molar refractivity (Wildman–Crippen MR) is 62.8 cm³/mol. The molecule has 0 radical (unpaired) electrons. The molecule has 0 atom stereocenters. The van der Waals surface area contributed by atoms with Crippen molar-refractivity contribution >= 4 is 5.97 Å². The van der Waals surface area contributed by atoms with Crippen molar-refractivity contribution in [3.63, 3.8) is 0 Å². The lowest BCUT2D eigenvalue weighted by Crippen LogP contribution is -2.10. The molecule has 4 heteroatoms. The molecule has 1 N–H and O–H groups in total. The molecule has 4 nitrogen and oxygen atoms in total. The van der Waals surface area contributed by atoms with Crippen molar-refractivity contribution in [3.05, 3.63) is 48.5 Å². The minimum absolute atomic E-state index is 0.314. The SMILES string of the molecule is O=C(O)COc1cccc(-c2ccccc2)n1. The number of hydrogen-bond acceptors (Lipinski definition) is 3. The van der Waals surface area contributed by atoms with Gasteiger partial charge in [-0.25, -0.2) is 9.78 Å². The van der Waals surface area contributed by atoms with E-state index in [1.807, 2.05) is 36.4 Å². The molecule has 0 saturated carbocycles. The van der Waals surface area contributed by atoms with Crippen molar-refractivity contribution < 1.29 is 14.6 Å². The number of rotatable bonds is 4. The molecule has 0 aliphatic rings. The third kappa shape index (κ3) is 3.04. The Hall–Kier alpha value is -2.36. The second-order valence-electron chi connectivity index (χ2n) is 3.41. The standard InChI is InChI=1S/C13H11NO3/c15-13(16)9-17-12-8-4-7-11(14-12)10-5-2-1-3-6-10/h1-8H,9H2,(H,15,16). The highest BCUT2D eigenvalue weighted by Crippen LogP contribution is 2.18. The highest BCUT2D eigenvalue weighted by atomic mass is 16.5. The van der Waals surface area contributed by atoms with Crippen molar-refractivity contribution in [1.29, 1.82) is 0 Å². The molecule has 0 fully saturated rings. The van der Waals surface area contributed by atoms with E-state index in [-0.39, 0.29) is 6.61 Å². The summed E-state index contributed by atoms with van der Waals surface area (Å²) in [5.74, 6) is -0.703. The van der Waals surface area contributed by atoms with Crippen molar-refractivity contribution in [3.8, 4) is 17.1 Å². The zero-order valence-corrected chi connectivity index (χ0v) is 9.04. The molecular weight excluding hydrogens is 218 g/mol. The quantitative estimate of drug-likeness (QED) is 0.873. The fraction of sp³-hybridized carbons (Fsp3) is 0.0769. The van der Waals surface area contributed by atoms with Gasteiger partial charge in [-0.15, -0.1) is 0 Å². The maximum Gasteiger partial charge on any atom is 0.341 e. The number of carboxylic acid groups (broad SMARTS) is 1. The van der Waals surface area contributed by atoms with Crippen molar-refractivity contribution in [2.24, 2.45) is 0 Å². The lowest BCUT2D eigenvalue weighted by molar-refractivity contribution is -0.139. The van der Waals surface area contributed by atoms with Gasteiger partial charge in [0.1, 0.15) is 0 Å². The van der Waals surface area contributed by atoms with Gasteiger partial charge < -0.3 is 9.84 Å². The van der Waals surface area contributed by atoms with Crippen molar-refractivity contribution in [2.45, 2.75) is 0 Å². The number of benzene rings is 1. The van der Waals surface area contributed by atoms with Crippen LogP contribution in [-0.4, -0.2) is 22.7 Å². The molecule has 0 aliphatic heterocycles. The minimum atomic E-state index is -1.02. The number of ether oxygens (including phenoxy) is 1. The summed E-state index contributed by atoms with van der Waals surface area (Å²) in [6, 6.07) is 14.9. The second kappa shape index (κ2) is 5.12. The zero-order valence-electron chi connectivity index (χ0n) is 9.04. The number of aliphatic carboxylic acids is 1. The molecule has 86 valence electrons. The van der Waals surface area contributed by atoms with Crippen LogP contribution in [-0.2, 0) is 4.79 Å². The van der Waals surface area contributed by atoms with E-state index in [1.165, 1.54) is 0 Å². The van der Waals surface area contributed by atoms with Crippen LogP contribution in [0.4, 0.5) is 0 Å². The molecular formula is C13H11NO3. The van der Waals surface area contributed by atoms with Gasteiger partial charge in [0.15, 0.2) is 6.61 Å². The fourth-order valence-corrected chi connectivity index (χ4v) is 1.40. The molecule has 1 aromatic carbocycles. The molecule has 1 heterocycles. The maximum atomic E-state index is 10.4. The number of hydrogen-bond donors (Lipinski definition) is 1. The predicted octanol–water partition coefficient (Wildman–Crippen LogP) is 2.21. The van der Waals surface area contributed by atoms with Gasteiger partial charge in [-0.3, -0.25) is 0 Å². The lowest BCUT2D eigenvalue weighted by atomic mass is 10.1. The number of pyridine rings is 1. The van der Waals surface area contributed by atoms with Crippen molar-refractivity contribution in [1.82, 2.24) is 4.98 Å². The van der Waals surface area contributed by atoms with E-state index >= 15 is 0 Å². The Balaban J connectivity index is 2.20. The highest BCUT2D eigenvalue weighted by Gasteiger charge is 2.03. The van der Waals surface area contributed by atoms with Crippen LogP contribution in [0.2, 0.25) is 0 Å². The van der Waals surface area contributed by atoms with Gasteiger partial charge in [-0.1, -0.05) is 36.4 Å². The van der Waals surface area contributed by atoms with Gasteiger partial charge >= 0.3 is 5.97 Å². The second-order valence-corrected chi connectivity index (χ2v) is 3.41. The van der Waals surface area contributed by atoms with Gasteiger partial charge in [0.25, 0.3) is 0 Å². The van der Waals surface area contributed by atoms with Gasteiger partial charge in [0.2, 0.25) is 5.88 Å². The summed E-state index contributed by atoms with van der Waals surface area (Å²) in [6.07, 6.45) is 0. The van der Waals surface area contributed by atoms with Crippen LogP contribution in [0.1, 0.15) is 0 Å². The first-order valence-corrected chi connectivity index (χ1v) is 5.13. The van der Waals surface area contributed by atoms with Crippen molar-refractivity contribution in [2.75, 3.05) is 6.61 Å². The van der Waals surface area contributed by atoms with E-state index in [1.54, 1.807) is 12.1 Å². The summed E-state index contributed by atoms with van der Waals surface area (Å²) in [6.45, 7) is -0.384. The van der Waals surface area contributed by atoms with E-state index in [4.69, 9.17) is 9.84 Å². The lowest BCUT2D eigenvalue weighted by Gasteiger charge is -2.04. The molecule has 2 rings (SSSR count).